The van der Waals surface area contributed by atoms with Gasteiger partial charge in [0.1, 0.15) is 0 Å². The van der Waals surface area contributed by atoms with Crippen LogP contribution in [0.1, 0.15) is 23.3 Å². The third kappa shape index (κ3) is 5.33. The number of amides is 1. The number of carbonyl (C=O) groups is 1. The van der Waals surface area contributed by atoms with Crippen LogP contribution in [0.3, 0.4) is 0 Å². The first-order valence-electron chi connectivity index (χ1n) is 8.45. The molecule has 24 heavy (non-hydrogen) atoms. The Balaban J connectivity index is 1.35. The summed E-state index contributed by atoms with van der Waals surface area (Å²) >= 11 is 7.69. The molecule has 1 aliphatic rings. The van der Waals surface area contributed by atoms with E-state index < -0.39 is 0 Å². The Morgan fingerprint density at radius 3 is 2.62 bits per heavy atom. The molecule has 1 aromatic heterocycles. The molecule has 1 fully saturated rings. The number of likely N-dealkylation sites (tertiary alicyclic amines) is 1. The van der Waals surface area contributed by atoms with Crippen LogP contribution < -0.4 is 5.32 Å². The Kier molecular flexibility index (Phi) is 6.30. The van der Waals surface area contributed by atoms with E-state index in [1.54, 1.807) is 0 Å². The maximum absolute atomic E-state index is 12.1. The first-order valence-corrected chi connectivity index (χ1v) is 9.70. The quantitative estimate of drug-likeness (QED) is 0.843. The molecule has 1 saturated heterocycles. The molecule has 5 heteroatoms. The van der Waals surface area contributed by atoms with Crippen LogP contribution in [-0.4, -0.2) is 30.4 Å². The zero-order chi connectivity index (χ0) is 16.8. The number of nitrogens with zero attached hydrogens (tertiary/aromatic N) is 1. The van der Waals surface area contributed by atoms with Crippen molar-refractivity contribution in [1.29, 1.82) is 0 Å². The lowest BCUT2D eigenvalue weighted by Crippen LogP contribution is -2.38. The van der Waals surface area contributed by atoms with Gasteiger partial charge in [-0.25, -0.2) is 0 Å². The average Bonchev–Trinajstić information content (AvgIpc) is 3.09. The van der Waals surface area contributed by atoms with Crippen LogP contribution in [0.2, 0.25) is 5.02 Å². The highest BCUT2D eigenvalue weighted by molar-refractivity contribution is 7.09. The lowest BCUT2D eigenvalue weighted by Gasteiger charge is -2.31. The molecule has 1 amide bonds. The number of thiophene rings is 1. The SMILES string of the molecule is O=C(Cc1ccc(Cl)cc1)NCC1CCN(Cc2cccs2)CC1. The second kappa shape index (κ2) is 8.65. The van der Waals surface area contributed by atoms with Gasteiger partial charge in [0.05, 0.1) is 6.42 Å². The maximum Gasteiger partial charge on any atom is 0.224 e. The summed E-state index contributed by atoms with van der Waals surface area (Å²) in [6.45, 7) is 4.10. The minimum absolute atomic E-state index is 0.0957. The fourth-order valence-corrected chi connectivity index (χ4v) is 3.95. The molecule has 0 atom stereocenters. The van der Waals surface area contributed by atoms with E-state index in [0.717, 1.165) is 44.6 Å². The summed E-state index contributed by atoms with van der Waals surface area (Å²) in [4.78, 5) is 16.0. The van der Waals surface area contributed by atoms with Crippen molar-refractivity contribution in [3.05, 3.63) is 57.2 Å². The van der Waals surface area contributed by atoms with E-state index in [1.807, 2.05) is 35.6 Å². The first kappa shape index (κ1) is 17.5. The second-order valence-corrected chi connectivity index (χ2v) is 7.87. The van der Waals surface area contributed by atoms with Crippen molar-refractivity contribution in [2.24, 2.45) is 5.92 Å². The molecule has 0 saturated carbocycles. The highest BCUT2D eigenvalue weighted by Crippen LogP contribution is 2.20. The minimum atomic E-state index is 0.0957. The minimum Gasteiger partial charge on any atom is -0.356 e. The van der Waals surface area contributed by atoms with E-state index in [-0.39, 0.29) is 5.91 Å². The van der Waals surface area contributed by atoms with E-state index >= 15 is 0 Å². The summed E-state index contributed by atoms with van der Waals surface area (Å²) in [5, 5.41) is 5.93. The van der Waals surface area contributed by atoms with Crippen molar-refractivity contribution in [3.63, 3.8) is 0 Å². The van der Waals surface area contributed by atoms with Crippen molar-refractivity contribution >= 4 is 28.8 Å². The van der Waals surface area contributed by atoms with E-state index in [9.17, 15) is 4.79 Å². The van der Waals surface area contributed by atoms with Gasteiger partial charge >= 0.3 is 0 Å². The summed E-state index contributed by atoms with van der Waals surface area (Å²) < 4.78 is 0. The summed E-state index contributed by atoms with van der Waals surface area (Å²) in [7, 11) is 0. The molecule has 128 valence electrons. The van der Waals surface area contributed by atoms with Gasteiger partial charge in [0, 0.05) is 23.0 Å². The van der Waals surface area contributed by atoms with Crippen molar-refractivity contribution in [1.82, 2.24) is 10.2 Å². The van der Waals surface area contributed by atoms with E-state index in [2.05, 4.69) is 27.7 Å². The van der Waals surface area contributed by atoms with E-state index in [4.69, 9.17) is 11.6 Å². The molecule has 2 heterocycles. The molecule has 1 aromatic carbocycles. The molecule has 0 unspecified atom stereocenters. The largest absolute Gasteiger partial charge is 0.356 e. The second-order valence-electron chi connectivity index (χ2n) is 6.41. The van der Waals surface area contributed by atoms with Crippen molar-refractivity contribution in [2.45, 2.75) is 25.8 Å². The van der Waals surface area contributed by atoms with Crippen LogP contribution in [0.25, 0.3) is 0 Å². The van der Waals surface area contributed by atoms with Crippen molar-refractivity contribution in [3.8, 4) is 0 Å². The Hall–Kier alpha value is -1.36. The monoisotopic (exact) mass is 362 g/mol. The van der Waals surface area contributed by atoms with Gasteiger partial charge in [-0.15, -0.1) is 11.3 Å². The highest BCUT2D eigenvalue weighted by atomic mass is 35.5. The maximum atomic E-state index is 12.1. The molecule has 3 rings (SSSR count). The van der Waals surface area contributed by atoms with Crippen LogP contribution in [0.5, 0.6) is 0 Å². The number of carbonyl (C=O) groups excluding carboxylic acids is 1. The van der Waals surface area contributed by atoms with Gasteiger partial charge in [-0.3, -0.25) is 9.69 Å². The molecule has 2 aromatic rings. The Morgan fingerprint density at radius 1 is 1.21 bits per heavy atom. The molecular formula is C19H23ClN2OS. The van der Waals surface area contributed by atoms with E-state index in [0.29, 0.717) is 17.4 Å². The molecule has 0 radical (unpaired) electrons. The van der Waals surface area contributed by atoms with Crippen LogP contribution >= 0.6 is 22.9 Å². The average molecular weight is 363 g/mol. The van der Waals surface area contributed by atoms with Crippen LogP contribution in [-0.2, 0) is 17.8 Å². The lowest BCUT2D eigenvalue weighted by molar-refractivity contribution is -0.120. The predicted molar refractivity (Wildman–Crippen MR) is 100 cm³/mol. The number of piperidine rings is 1. The van der Waals surface area contributed by atoms with Crippen LogP contribution in [0.4, 0.5) is 0 Å². The fourth-order valence-electron chi connectivity index (χ4n) is 3.08. The molecular weight excluding hydrogens is 340 g/mol. The van der Waals surface area contributed by atoms with Gasteiger partial charge < -0.3 is 5.32 Å². The van der Waals surface area contributed by atoms with Gasteiger partial charge in [-0.1, -0.05) is 29.8 Å². The summed E-state index contributed by atoms with van der Waals surface area (Å²) in [6.07, 6.45) is 2.74. The Bertz CT molecular complexity index is 634. The third-order valence-electron chi connectivity index (χ3n) is 4.53. The van der Waals surface area contributed by atoms with Crippen LogP contribution in [0, 0.1) is 5.92 Å². The summed E-state index contributed by atoms with van der Waals surface area (Å²) in [6, 6.07) is 11.8. The van der Waals surface area contributed by atoms with Gasteiger partial charge in [-0.05, 0) is 61.0 Å². The smallest absolute Gasteiger partial charge is 0.224 e. The van der Waals surface area contributed by atoms with Gasteiger partial charge in [0.25, 0.3) is 0 Å². The van der Waals surface area contributed by atoms with Gasteiger partial charge in [0.15, 0.2) is 0 Å². The molecule has 1 N–H and O–H groups in total. The van der Waals surface area contributed by atoms with Crippen molar-refractivity contribution in [2.75, 3.05) is 19.6 Å². The Morgan fingerprint density at radius 2 is 1.96 bits per heavy atom. The molecule has 0 spiro atoms. The van der Waals surface area contributed by atoms with Crippen molar-refractivity contribution < 1.29 is 4.79 Å². The third-order valence-corrected chi connectivity index (χ3v) is 5.65. The molecule has 0 aliphatic carbocycles. The van der Waals surface area contributed by atoms with Crippen LogP contribution in [0.15, 0.2) is 41.8 Å². The number of benzene rings is 1. The normalized spacial score (nSPS) is 16.2. The van der Waals surface area contributed by atoms with E-state index in [1.165, 1.54) is 4.88 Å². The standard InChI is InChI=1S/C19H23ClN2OS/c20-17-5-3-15(4-6-17)12-19(23)21-13-16-7-9-22(10-8-16)14-18-2-1-11-24-18/h1-6,11,16H,7-10,12-14H2,(H,21,23). The molecule has 0 bridgehead atoms. The predicted octanol–water partition coefficient (Wildman–Crippen LogP) is 3.97. The lowest BCUT2D eigenvalue weighted by atomic mass is 9.96. The first-order chi connectivity index (χ1) is 11.7. The number of nitrogens with one attached hydrogen (secondary N) is 1. The molecule has 1 aliphatic heterocycles. The number of halogens is 1. The van der Waals surface area contributed by atoms with Gasteiger partial charge in [-0.2, -0.15) is 0 Å². The van der Waals surface area contributed by atoms with Gasteiger partial charge in [0.2, 0.25) is 5.91 Å². The number of rotatable bonds is 6. The Labute approximate surface area is 152 Å². The number of hydrogen-bond donors (Lipinski definition) is 1. The topological polar surface area (TPSA) is 32.3 Å². The zero-order valence-corrected chi connectivity index (χ0v) is 15.3. The zero-order valence-electron chi connectivity index (χ0n) is 13.7. The summed E-state index contributed by atoms with van der Waals surface area (Å²) in [5.74, 6) is 0.692. The summed E-state index contributed by atoms with van der Waals surface area (Å²) in [5.41, 5.74) is 1.00. The number of hydrogen-bond acceptors (Lipinski definition) is 3. The molecule has 3 nitrogen and oxygen atoms in total. The highest BCUT2D eigenvalue weighted by Gasteiger charge is 2.20. The fraction of sp³-hybridized carbons (Fsp3) is 0.421.